The van der Waals surface area contributed by atoms with E-state index in [9.17, 15) is 9.59 Å². The van der Waals surface area contributed by atoms with Gasteiger partial charge >= 0.3 is 5.97 Å². The molecule has 1 atom stereocenters. The summed E-state index contributed by atoms with van der Waals surface area (Å²) in [6, 6.07) is -0.600. The molecule has 28 heavy (non-hydrogen) atoms. The van der Waals surface area contributed by atoms with Gasteiger partial charge in [0.2, 0.25) is 0 Å². The summed E-state index contributed by atoms with van der Waals surface area (Å²) in [5.74, 6) is -0.872. The lowest BCUT2D eigenvalue weighted by Gasteiger charge is -2.08. The monoisotopic (exact) mass is 397 g/mol. The smallest absolute Gasteiger partial charge is 0.303 e. The molecule has 0 fully saturated rings. The number of nitrogens with two attached hydrogens (primary N) is 1. The van der Waals surface area contributed by atoms with Crippen molar-refractivity contribution in [2.45, 2.75) is 141 Å². The number of hydrogen-bond acceptors (Lipinski definition) is 3. The van der Waals surface area contributed by atoms with Crippen LogP contribution in [-0.4, -0.2) is 22.9 Å². The van der Waals surface area contributed by atoms with Gasteiger partial charge in [0.05, 0.1) is 6.04 Å². The van der Waals surface area contributed by atoms with Crippen molar-refractivity contribution in [2.75, 3.05) is 0 Å². The van der Waals surface area contributed by atoms with Crippen molar-refractivity contribution >= 4 is 11.8 Å². The zero-order valence-electron chi connectivity index (χ0n) is 18.6. The van der Waals surface area contributed by atoms with Gasteiger partial charge in [0.15, 0.2) is 0 Å². The second kappa shape index (κ2) is 20.8. The van der Waals surface area contributed by atoms with Gasteiger partial charge in [-0.15, -0.1) is 0 Å². The maximum absolute atomic E-state index is 11.8. The lowest BCUT2D eigenvalue weighted by atomic mass is 10.0. The normalized spacial score (nSPS) is 12.2. The Morgan fingerprint density at radius 3 is 1.36 bits per heavy atom. The fraction of sp³-hybridized carbons (Fsp3) is 0.917. The van der Waals surface area contributed by atoms with Gasteiger partial charge in [-0.3, -0.25) is 9.59 Å². The largest absolute Gasteiger partial charge is 0.481 e. The van der Waals surface area contributed by atoms with Gasteiger partial charge in [0, 0.05) is 12.8 Å². The Labute approximate surface area is 174 Å². The van der Waals surface area contributed by atoms with Crippen molar-refractivity contribution in [3.8, 4) is 0 Å². The molecule has 0 unspecified atom stereocenters. The van der Waals surface area contributed by atoms with E-state index in [1.165, 1.54) is 96.3 Å². The van der Waals surface area contributed by atoms with Crippen LogP contribution in [-0.2, 0) is 9.59 Å². The fourth-order valence-electron chi connectivity index (χ4n) is 3.65. The number of rotatable bonds is 22. The molecule has 0 aliphatic carbocycles. The SMILES string of the molecule is CCCCCCCCCCCCCCCCCCCC(=O)[C@@H](N)CCC(=O)O. The summed E-state index contributed by atoms with van der Waals surface area (Å²) < 4.78 is 0. The quantitative estimate of drug-likeness (QED) is 0.197. The molecule has 0 spiro atoms. The summed E-state index contributed by atoms with van der Waals surface area (Å²) in [7, 11) is 0. The zero-order chi connectivity index (χ0) is 20.9. The molecule has 0 aliphatic rings. The molecule has 4 heteroatoms. The molecule has 0 rings (SSSR count). The molecule has 0 heterocycles. The van der Waals surface area contributed by atoms with Crippen LogP contribution in [0.1, 0.15) is 135 Å². The number of carbonyl (C=O) groups excluding carboxylic acids is 1. The topological polar surface area (TPSA) is 80.4 Å². The predicted octanol–water partition coefficient (Wildman–Crippen LogP) is 6.79. The molecule has 4 nitrogen and oxygen atoms in total. The summed E-state index contributed by atoms with van der Waals surface area (Å²) in [5.41, 5.74) is 5.72. The highest BCUT2D eigenvalue weighted by Gasteiger charge is 2.14. The molecule has 0 saturated carbocycles. The van der Waals surface area contributed by atoms with E-state index in [1.54, 1.807) is 0 Å². The van der Waals surface area contributed by atoms with Crippen molar-refractivity contribution in [1.29, 1.82) is 0 Å². The minimum atomic E-state index is -0.888. The molecule has 0 radical (unpaired) electrons. The van der Waals surface area contributed by atoms with Crippen LogP contribution in [0.4, 0.5) is 0 Å². The first-order chi connectivity index (χ1) is 13.6. The third-order valence-electron chi connectivity index (χ3n) is 5.61. The number of unbranched alkanes of at least 4 members (excludes halogenated alkanes) is 16. The number of Topliss-reactive ketones (excluding diaryl/α,β-unsaturated/α-hetero) is 1. The van der Waals surface area contributed by atoms with Crippen LogP contribution in [0.3, 0.4) is 0 Å². The molecule has 166 valence electrons. The molecule has 0 aliphatic heterocycles. The third kappa shape index (κ3) is 19.9. The van der Waals surface area contributed by atoms with Crippen LogP contribution in [0.5, 0.6) is 0 Å². The Bertz CT molecular complexity index is 371. The Hall–Kier alpha value is -0.900. The first kappa shape index (κ1) is 27.1. The van der Waals surface area contributed by atoms with Gasteiger partial charge in [-0.2, -0.15) is 0 Å². The molecule has 3 N–H and O–H groups in total. The minimum absolute atomic E-state index is 0.0159. The van der Waals surface area contributed by atoms with Crippen LogP contribution in [0.2, 0.25) is 0 Å². The number of aliphatic carboxylic acids is 1. The van der Waals surface area contributed by atoms with Crippen LogP contribution in [0.15, 0.2) is 0 Å². The second-order valence-corrected chi connectivity index (χ2v) is 8.41. The number of ketones is 1. The summed E-state index contributed by atoms with van der Waals surface area (Å²) in [6.45, 7) is 2.27. The summed E-state index contributed by atoms with van der Waals surface area (Å²) in [6.07, 6.45) is 23.2. The second-order valence-electron chi connectivity index (χ2n) is 8.41. The van der Waals surface area contributed by atoms with E-state index < -0.39 is 12.0 Å². The summed E-state index contributed by atoms with van der Waals surface area (Å²) in [5, 5.41) is 8.61. The van der Waals surface area contributed by atoms with Crippen molar-refractivity contribution in [3.05, 3.63) is 0 Å². The lowest BCUT2D eigenvalue weighted by Crippen LogP contribution is -2.30. The van der Waals surface area contributed by atoms with E-state index in [-0.39, 0.29) is 18.6 Å². The molecule has 0 aromatic rings. The first-order valence-electron chi connectivity index (χ1n) is 12.1. The Morgan fingerprint density at radius 2 is 1.00 bits per heavy atom. The van der Waals surface area contributed by atoms with E-state index >= 15 is 0 Å². The lowest BCUT2D eigenvalue weighted by molar-refractivity contribution is -0.137. The van der Waals surface area contributed by atoms with Gasteiger partial charge in [-0.25, -0.2) is 0 Å². The highest BCUT2D eigenvalue weighted by molar-refractivity contribution is 5.84. The summed E-state index contributed by atoms with van der Waals surface area (Å²) >= 11 is 0. The van der Waals surface area contributed by atoms with Crippen LogP contribution < -0.4 is 5.73 Å². The average molecular weight is 398 g/mol. The van der Waals surface area contributed by atoms with Crippen LogP contribution in [0, 0.1) is 0 Å². The standard InChI is InChI=1S/C24H47NO3/c1-2-3-4-5-6-7-8-9-10-11-12-13-14-15-16-17-18-19-23(26)22(25)20-21-24(27)28/h22H,2-21,25H2,1H3,(H,27,28)/t22-/m0/s1. The highest BCUT2D eigenvalue weighted by atomic mass is 16.4. The van der Waals surface area contributed by atoms with E-state index in [2.05, 4.69) is 6.92 Å². The maximum Gasteiger partial charge on any atom is 0.303 e. The molecule has 0 amide bonds. The van der Waals surface area contributed by atoms with Crippen LogP contribution >= 0.6 is 0 Å². The number of carboxylic acids is 1. The Balaban J connectivity index is 3.21. The molecular weight excluding hydrogens is 350 g/mol. The first-order valence-corrected chi connectivity index (χ1v) is 12.1. The fourth-order valence-corrected chi connectivity index (χ4v) is 3.65. The molecule has 0 aromatic carbocycles. The van der Waals surface area contributed by atoms with E-state index in [0.29, 0.717) is 6.42 Å². The van der Waals surface area contributed by atoms with Gasteiger partial charge in [0.25, 0.3) is 0 Å². The van der Waals surface area contributed by atoms with Crippen molar-refractivity contribution in [1.82, 2.24) is 0 Å². The van der Waals surface area contributed by atoms with Gasteiger partial charge in [0.1, 0.15) is 5.78 Å². The maximum atomic E-state index is 11.8. The van der Waals surface area contributed by atoms with Crippen molar-refractivity contribution in [3.63, 3.8) is 0 Å². The zero-order valence-corrected chi connectivity index (χ0v) is 18.6. The average Bonchev–Trinajstić information content (AvgIpc) is 2.68. The highest BCUT2D eigenvalue weighted by Crippen LogP contribution is 2.14. The third-order valence-corrected chi connectivity index (χ3v) is 5.61. The molecule has 0 saturated heterocycles. The Morgan fingerprint density at radius 1 is 0.643 bits per heavy atom. The van der Waals surface area contributed by atoms with E-state index in [1.807, 2.05) is 0 Å². The van der Waals surface area contributed by atoms with Crippen LogP contribution in [0.25, 0.3) is 0 Å². The minimum Gasteiger partial charge on any atom is -0.481 e. The van der Waals surface area contributed by atoms with E-state index in [0.717, 1.165) is 12.8 Å². The molecular formula is C24H47NO3. The summed E-state index contributed by atoms with van der Waals surface area (Å²) in [4.78, 5) is 22.3. The number of hydrogen-bond donors (Lipinski definition) is 2. The molecule has 0 aromatic heterocycles. The number of carboxylic acid groups (broad SMARTS) is 1. The Kier molecular flexibility index (Phi) is 20.2. The van der Waals surface area contributed by atoms with E-state index in [4.69, 9.17) is 10.8 Å². The predicted molar refractivity (Wildman–Crippen MR) is 119 cm³/mol. The van der Waals surface area contributed by atoms with Crippen molar-refractivity contribution < 1.29 is 14.7 Å². The van der Waals surface area contributed by atoms with Gasteiger partial charge in [-0.05, 0) is 12.8 Å². The molecule has 0 bridgehead atoms. The number of carbonyl (C=O) groups is 2. The van der Waals surface area contributed by atoms with Gasteiger partial charge in [-0.1, -0.05) is 110 Å². The van der Waals surface area contributed by atoms with Gasteiger partial charge < -0.3 is 10.8 Å². The van der Waals surface area contributed by atoms with Crippen molar-refractivity contribution in [2.24, 2.45) is 5.73 Å².